The van der Waals surface area contributed by atoms with E-state index in [-0.39, 0.29) is 5.75 Å². The third-order valence-electron chi connectivity index (χ3n) is 4.82. The Morgan fingerprint density at radius 3 is 2.42 bits per heavy atom. The van der Waals surface area contributed by atoms with Gasteiger partial charge in [-0.3, -0.25) is 0 Å². The van der Waals surface area contributed by atoms with Crippen LogP contribution in [0, 0.1) is 20.8 Å². The van der Waals surface area contributed by atoms with E-state index < -0.39 is 10.0 Å². The molecule has 7 heteroatoms. The summed E-state index contributed by atoms with van der Waals surface area (Å²) in [6.07, 6.45) is 0.787. The summed E-state index contributed by atoms with van der Waals surface area (Å²) in [5, 5.41) is 0. The topological polar surface area (TPSA) is 66.4 Å². The molecular weight excluding hydrogens is 348 g/mol. The molecule has 2 heterocycles. The van der Waals surface area contributed by atoms with E-state index in [1.165, 1.54) is 0 Å². The molecule has 3 rings (SSSR count). The average Bonchev–Trinajstić information content (AvgIpc) is 2.85. The van der Waals surface area contributed by atoms with Crippen LogP contribution in [0.5, 0.6) is 0 Å². The fourth-order valence-electron chi connectivity index (χ4n) is 3.32. The van der Waals surface area contributed by atoms with E-state index in [0.717, 1.165) is 41.4 Å². The van der Waals surface area contributed by atoms with Crippen LogP contribution in [0.3, 0.4) is 0 Å². The monoisotopic (exact) mass is 374 g/mol. The van der Waals surface area contributed by atoms with Gasteiger partial charge in [-0.05, 0) is 32.8 Å². The molecule has 140 valence electrons. The molecule has 0 N–H and O–H groups in total. The predicted octanol–water partition coefficient (Wildman–Crippen LogP) is 2.44. The summed E-state index contributed by atoms with van der Waals surface area (Å²) in [4.78, 5) is 11.2. The van der Waals surface area contributed by atoms with Crippen LogP contribution in [0.2, 0.25) is 0 Å². The molecule has 0 atom stereocenters. The van der Waals surface area contributed by atoms with Crippen LogP contribution in [0.25, 0.3) is 0 Å². The van der Waals surface area contributed by atoms with Crippen molar-refractivity contribution in [3.8, 4) is 0 Å². The van der Waals surface area contributed by atoms with E-state index in [1.807, 2.05) is 51.1 Å². The molecule has 0 saturated carbocycles. The summed E-state index contributed by atoms with van der Waals surface area (Å²) in [5.41, 5.74) is 2.87. The highest BCUT2D eigenvalue weighted by Gasteiger charge is 2.26. The molecule has 1 saturated heterocycles. The zero-order valence-corrected chi connectivity index (χ0v) is 16.5. The molecule has 0 aliphatic carbocycles. The first kappa shape index (κ1) is 18.8. The van der Waals surface area contributed by atoms with E-state index in [1.54, 1.807) is 4.31 Å². The largest absolute Gasteiger partial charge is 0.355 e. The maximum atomic E-state index is 12.8. The first-order valence-electron chi connectivity index (χ1n) is 8.95. The van der Waals surface area contributed by atoms with Crippen LogP contribution < -0.4 is 4.90 Å². The SMILES string of the molecule is Cc1nc(C)c(C)c(N2CCCN(S(=O)(=O)Cc3ccccc3)CC2)n1. The van der Waals surface area contributed by atoms with Crippen molar-refractivity contribution in [2.75, 3.05) is 31.1 Å². The van der Waals surface area contributed by atoms with Crippen molar-refractivity contribution >= 4 is 15.8 Å². The molecule has 1 fully saturated rings. The van der Waals surface area contributed by atoms with Crippen LogP contribution in [-0.4, -0.2) is 48.9 Å². The molecule has 0 radical (unpaired) electrons. The van der Waals surface area contributed by atoms with Gasteiger partial charge in [0, 0.05) is 37.4 Å². The van der Waals surface area contributed by atoms with Crippen molar-refractivity contribution in [2.45, 2.75) is 32.9 Å². The number of rotatable bonds is 4. The lowest BCUT2D eigenvalue weighted by Crippen LogP contribution is -2.36. The molecule has 1 aromatic carbocycles. The van der Waals surface area contributed by atoms with Crippen molar-refractivity contribution < 1.29 is 8.42 Å². The number of aromatic nitrogens is 2. The highest BCUT2D eigenvalue weighted by Crippen LogP contribution is 2.22. The van der Waals surface area contributed by atoms with Crippen molar-refractivity contribution in [3.63, 3.8) is 0 Å². The van der Waals surface area contributed by atoms with Gasteiger partial charge < -0.3 is 4.90 Å². The van der Waals surface area contributed by atoms with Crippen molar-refractivity contribution in [1.29, 1.82) is 0 Å². The summed E-state index contributed by atoms with van der Waals surface area (Å²) in [6.45, 7) is 8.38. The lowest BCUT2D eigenvalue weighted by molar-refractivity contribution is 0.432. The third kappa shape index (κ3) is 4.22. The summed E-state index contributed by atoms with van der Waals surface area (Å²) < 4.78 is 27.2. The van der Waals surface area contributed by atoms with Gasteiger partial charge in [0.05, 0.1) is 5.75 Å². The number of aryl methyl sites for hydroxylation is 2. The zero-order valence-electron chi connectivity index (χ0n) is 15.6. The average molecular weight is 375 g/mol. The lowest BCUT2D eigenvalue weighted by atomic mass is 10.2. The Balaban J connectivity index is 1.74. The second-order valence-electron chi connectivity index (χ2n) is 6.79. The zero-order chi connectivity index (χ0) is 18.7. The van der Waals surface area contributed by atoms with Gasteiger partial charge in [-0.25, -0.2) is 18.4 Å². The van der Waals surface area contributed by atoms with E-state index in [2.05, 4.69) is 14.9 Å². The Morgan fingerprint density at radius 2 is 1.69 bits per heavy atom. The predicted molar refractivity (Wildman–Crippen MR) is 104 cm³/mol. The molecule has 0 spiro atoms. The summed E-state index contributed by atoms with van der Waals surface area (Å²) in [6, 6.07) is 9.36. The minimum absolute atomic E-state index is 0.0542. The van der Waals surface area contributed by atoms with Gasteiger partial charge in [-0.1, -0.05) is 30.3 Å². The Labute approximate surface area is 155 Å². The van der Waals surface area contributed by atoms with Crippen molar-refractivity contribution in [3.05, 3.63) is 53.0 Å². The van der Waals surface area contributed by atoms with Gasteiger partial charge in [0.2, 0.25) is 10.0 Å². The molecule has 0 amide bonds. The minimum Gasteiger partial charge on any atom is -0.355 e. The standard InChI is InChI=1S/C19H26N4O2S/c1-15-16(2)20-17(3)21-19(15)22-10-7-11-23(13-12-22)26(24,25)14-18-8-5-4-6-9-18/h4-6,8-9H,7,10-14H2,1-3H3. The fourth-order valence-corrected chi connectivity index (χ4v) is 4.88. The number of nitrogens with zero attached hydrogens (tertiary/aromatic N) is 4. The number of sulfonamides is 1. The van der Waals surface area contributed by atoms with Crippen LogP contribution in [0.15, 0.2) is 30.3 Å². The number of benzene rings is 1. The Kier molecular flexibility index (Phi) is 5.58. The summed E-state index contributed by atoms with van der Waals surface area (Å²) in [5.74, 6) is 1.73. The summed E-state index contributed by atoms with van der Waals surface area (Å²) in [7, 11) is -3.32. The van der Waals surface area contributed by atoms with E-state index in [9.17, 15) is 8.42 Å². The molecular formula is C19H26N4O2S. The molecule has 0 bridgehead atoms. The van der Waals surface area contributed by atoms with Crippen LogP contribution in [0.1, 0.15) is 29.1 Å². The molecule has 1 aromatic heterocycles. The van der Waals surface area contributed by atoms with Gasteiger partial charge in [0.25, 0.3) is 0 Å². The van der Waals surface area contributed by atoms with Gasteiger partial charge in [-0.15, -0.1) is 0 Å². The van der Waals surface area contributed by atoms with E-state index in [4.69, 9.17) is 0 Å². The van der Waals surface area contributed by atoms with Crippen molar-refractivity contribution in [1.82, 2.24) is 14.3 Å². The van der Waals surface area contributed by atoms with Crippen molar-refractivity contribution in [2.24, 2.45) is 0 Å². The lowest BCUT2D eigenvalue weighted by Gasteiger charge is -2.24. The smallest absolute Gasteiger partial charge is 0.218 e. The Morgan fingerprint density at radius 1 is 0.962 bits per heavy atom. The molecule has 1 aliphatic rings. The number of hydrogen-bond acceptors (Lipinski definition) is 5. The fraction of sp³-hybridized carbons (Fsp3) is 0.474. The second kappa shape index (κ2) is 7.72. The molecule has 26 heavy (non-hydrogen) atoms. The van der Waals surface area contributed by atoms with E-state index in [0.29, 0.717) is 19.6 Å². The minimum atomic E-state index is -3.32. The van der Waals surface area contributed by atoms with Crippen LogP contribution in [0.4, 0.5) is 5.82 Å². The Bertz CT molecular complexity index is 869. The molecule has 0 unspecified atom stereocenters. The van der Waals surface area contributed by atoms with Gasteiger partial charge in [0.1, 0.15) is 11.6 Å². The first-order chi connectivity index (χ1) is 12.4. The van der Waals surface area contributed by atoms with Crippen LogP contribution >= 0.6 is 0 Å². The highest BCUT2D eigenvalue weighted by molar-refractivity contribution is 7.88. The summed E-state index contributed by atoms with van der Waals surface area (Å²) >= 11 is 0. The van der Waals surface area contributed by atoms with Crippen LogP contribution in [-0.2, 0) is 15.8 Å². The van der Waals surface area contributed by atoms with Gasteiger partial charge in [0.15, 0.2) is 0 Å². The number of anilines is 1. The Hall–Kier alpha value is -1.99. The highest BCUT2D eigenvalue weighted by atomic mass is 32.2. The maximum Gasteiger partial charge on any atom is 0.218 e. The molecule has 1 aliphatic heterocycles. The van der Waals surface area contributed by atoms with Gasteiger partial charge >= 0.3 is 0 Å². The number of hydrogen-bond donors (Lipinski definition) is 0. The van der Waals surface area contributed by atoms with E-state index >= 15 is 0 Å². The third-order valence-corrected chi connectivity index (χ3v) is 6.67. The quantitative estimate of drug-likeness (QED) is 0.822. The van der Waals surface area contributed by atoms with Gasteiger partial charge in [-0.2, -0.15) is 4.31 Å². The molecule has 6 nitrogen and oxygen atoms in total. The molecule has 2 aromatic rings. The maximum absolute atomic E-state index is 12.8. The second-order valence-corrected chi connectivity index (χ2v) is 8.76. The normalized spacial score (nSPS) is 16.5. The first-order valence-corrected chi connectivity index (χ1v) is 10.6.